The minimum absolute atomic E-state index is 0.0194. The maximum Gasteiger partial charge on any atom is 0.192 e. The molecule has 0 unspecified atom stereocenters. The molecule has 2 aromatic heterocycles. The molecule has 158 valence electrons. The first-order valence-corrected chi connectivity index (χ1v) is 11.1. The fraction of sp³-hybridized carbons (Fsp3) is 0.174. The number of nitrogens with zero attached hydrogens (tertiary/aromatic N) is 3. The molecule has 0 aliphatic carbocycles. The number of carbonyl (C=O) groups is 1. The standard InChI is InChI=1S/C23H20ClN3O3S/c1-16(28)20-6-2-3-7-21(20)30-13-14-31-23-26-25-22(17-8-10-18(24)11-9-17)27(23)15-19-5-4-12-29-19/h2-12H,13-15H2,1H3. The lowest BCUT2D eigenvalue weighted by Gasteiger charge is -2.11. The molecule has 0 atom stereocenters. The Morgan fingerprint density at radius 2 is 1.90 bits per heavy atom. The predicted molar refractivity (Wildman–Crippen MR) is 121 cm³/mol. The van der Waals surface area contributed by atoms with Gasteiger partial charge in [-0.15, -0.1) is 10.2 Å². The second kappa shape index (κ2) is 9.85. The topological polar surface area (TPSA) is 70.2 Å². The van der Waals surface area contributed by atoms with Gasteiger partial charge in [0, 0.05) is 16.3 Å². The average Bonchev–Trinajstić information content (AvgIpc) is 3.43. The van der Waals surface area contributed by atoms with Crippen LogP contribution in [0, 0.1) is 0 Å². The summed E-state index contributed by atoms with van der Waals surface area (Å²) in [5.41, 5.74) is 1.50. The highest BCUT2D eigenvalue weighted by Gasteiger charge is 2.16. The third-order valence-electron chi connectivity index (χ3n) is 4.55. The first kappa shape index (κ1) is 21.2. The highest BCUT2D eigenvalue weighted by atomic mass is 35.5. The van der Waals surface area contributed by atoms with Crippen molar-refractivity contribution in [3.05, 3.63) is 83.3 Å². The number of ether oxygens (including phenoxy) is 1. The lowest BCUT2D eigenvalue weighted by molar-refractivity contribution is 0.101. The Bertz CT molecular complexity index is 1160. The van der Waals surface area contributed by atoms with Crippen molar-refractivity contribution in [2.75, 3.05) is 12.4 Å². The number of rotatable bonds is 9. The Morgan fingerprint density at radius 1 is 1.10 bits per heavy atom. The van der Waals surface area contributed by atoms with Crippen molar-refractivity contribution in [1.82, 2.24) is 14.8 Å². The molecule has 2 aromatic carbocycles. The number of benzene rings is 2. The van der Waals surface area contributed by atoms with Gasteiger partial charge < -0.3 is 9.15 Å². The number of thioether (sulfide) groups is 1. The van der Waals surface area contributed by atoms with Gasteiger partial charge in [0.15, 0.2) is 16.8 Å². The Hall–Kier alpha value is -3.03. The summed E-state index contributed by atoms with van der Waals surface area (Å²) in [6.45, 7) is 2.47. The van der Waals surface area contributed by atoms with Crippen LogP contribution in [0.2, 0.25) is 5.02 Å². The molecule has 0 radical (unpaired) electrons. The summed E-state index contributed by atoms with van der Waals surface area (Å²) < 4.78 is 13.4. The lowest BCUT2D eigenvalue weighted by atomic mass is 10.1. The van der Waals surface area contributed by atoms with Crippen LogP contribution in [0.25, 0.3) is 11.4 Å². The first-order valence-electron chi connectivity index (χ1n) is 9.69. The van der Waals surface area contributed by atoms with Gasteiger partial charge in [-0.1, -0.05) is 35.5 Å². The molecule has 0 spiro atoms. The molecule has 0 saturated carbocycles. The first-order chi connectivity index (χ1) is 15.1. The number of carbonyl (C=O) groups excluding carboxylic acids is 1. The van der Waals surface area contributed by atoms with Crippen LogP contribution in [0.5, 0.6) is 5.75 Å². The monoisotopic (exact) mass is 453 g/mol. The number of halogens is 1. The number of furan rings is 1. The fourth-order valence-electron chi connectivity index (χ4n) is 3.08. The summed E-state index contributed by atoms with van der Waals surface area (Å²) in [4.78, 5) is 11.8. The van der Waals surface area contributed by atoms with Crippen LogP contribution < -0.4 is 4.74 Å². The maximum atomic E-state index is 11.8. The fourth-order valence-corrected chi connectivity index (χ4v) is 3.96. The van der Waals surface area contributed by atoms with E-state index in [2.05, 4.69) is 10.2 Å². The van der Waals surface area contributed by atoms with Gasteiger partial charge in [0.1, 0.15) is 11.5 Å². The molecule has 0 N–H and O–H groups in total. The van der Waals surface area contributed by atoms with Crippen molar-refractivity contribution >= 4 is 29.1 Å². The van der Waals surface area contributed by atoms with E-state index >= 15 is 0 Å². The zero-order valence-corrected chi connectivity index (χ0v) is 18.4. The molecule has 6 nitrogen and oxygen atoms in total. The minimum atomic E-state index is -0.0194. The van der Waals surface area contributed by atoms with Crippen molar-refractivity contribution in [2.45, 2.75) is 18.6 Å². The Labute approximate surface area is 189 Å². The molecular formula is C23H20ClN3O3S. The van der Waals surface area contributed by atoms with Crippen molar-refractivity contribution in [3.8, 4) is 17.1 Å². The van der Waals surface area contributed by atoms with Crippen LogP contribution in [0.15, 0.2) is 76.5 Å². The zero-order chi connectivity index (χ0) is 21.6. The summed E-state index contributed by atoms with van der Waals surface area (Å²) in [5, 5.41) is 10.2. The van der Waals surface area contributed by atoms with E-state index < -0.39 is 0 Å². The molecule has 0 fully saturated rings. The molecule has 0 amide bonds. The summed E-state index contributed by atoms with van der Waals surface area (Å²) in [6.07, 6.45) is 1.65. The highest BCUT2D eigenvalue weighted by molar-refractivity contribution is 7.99. The summed E-state index contributed by atoms with van der Waals surface area (Å²) in [5.74, 6) is 2.76. The third-order valence-corrected chi connectivity index (χ3v) is 5.73. The summed E-state index contributed by atoms with van der Waals surface area (Å²) >= 11 is 7.56. The second-order valence-electron chi connectivity index (χ2n) is 6.73. The van der Waals surface area contributed by atoms with Gasteiger partial charge in [-0.05, 0) is 55.5 Å². The van der Waals surface area contributed by atoms with Crippen LogP contribution >= 0.6 is 23.4 Å². The van der Waals surface area contributed by atoms with Gasteiger partial charge in [-0.2, -0.15) is 0 Å². The van der Waals surface area contributed by atoms with E-state index in [9.17, 15) is 4.79 Å². The Balaban J connectivity index is 1.49. The van der Waals surface area contributed by atoms with E-state index in [0.717, 1.165) is 22.3 Å². The van der Waals surface area contributed by atoms with E-state index in [1.807, 2.05) is 53.1 Å². The van der Waals surface area contributed by atoms with E-state index in [4.69, 9.17) is 20.8 Å². The molecule has 8 heteroatoms. The average molecular weight is 454 g/mol. The predicted octanol–water partition coefficient (Wildman–Crippen LogP) is 5.61. The van der Waals surface area contributed by atoms with Crippen LogP contribution in [0.4, 0.5) is 0 Å². The van der Waals surface area contributed by atoms with Crippen molar-refractivity contribution < 1.29 is 13.9 Å². The molecule has 0 aliphatic rings. The van der Waals surface area contributed by atoms with Crippen LogP contribution in [0.1, 0.15) is 23.0 Å². The van der Waals surface area contributed by atoms with Crippen molar-refractivity contribution in [1.29, 1.82) is 0 Å². The van der Waals surface area contributed by atoms with Gasteiger partial charge in [0.05, 0.1) is 25.0 Å². The minimum Gasteiger partial charge on any atom is -0.492 e. The number of Topliss-reactive ketones (excluding diaryl/α,β-unsaturated/α-hetero) is 1. The molecule has 2 heterocycles. The van der Waals surface area contributed by atoms with Gasteiger partial charge >= 0.3 is 0 Å². The van der Waals surface area contributed by atoms with Gasteiger partial charge in [-0.25, -0.2) is 0 Å². The van der Waals surface area contributed by atoms with Gasteiger partial charge in [-0.3, -0.25) is 9.36 Å². The van der Waals surface area contributed by atoms with E-state index in [0.29, 0.717) is 35.2 Å². The normalized spacial score (nSPS) is 10.9. The third kappa shape index (κ3) is 5.18. The summed E-state index contributed by atoms with van der Waals surface area (Å²) in [6, 6.07) is 18.5. The van der Waals surface area contributed by atoms with Crippen molar-refractivity contribution in [2.24, 2.45) is 0 Å². The molecule has 4 aromatic rings. The molecule has 4 rings (SSSR count). The van der Waals surface area contributed by atoms with E-state index in [1.54, 1.807) is 18.4 Å². The number of aromatic nitrogens is 3. The largest absolute Gasteiger partial charge is 0.492 e. The van der Waals surface area contributed by atoms with Crippen LogP contribution in [0.3, 0.4) is 0 Å². The Morgan fingerprint density at radius 3 is 2.65 bits per heavy atom. The van der Waals surface area contributed by atoms with Gasteiger partial charge in [0.2, 0.25) is 0 Å². The molecule has 0 aliphatic heterocycles. The zero-order valence-electron chi connectivity index (χ0n) is 16.8. The highest BCUT2D eigenvalue weighted by Crippen LogP contribution is 2.27. The van der Waals surface area contributed by atoms with E-state index in [-0.39, 0.29) is 5.78 Å². The molecule has 31 heavy (non-hydrogen) atoms. The number of ketones is 1. The molecule has 0 bridgehead atoms. The number of hydrogen-bond donors (Lipinski definition) is 0. The quantitative estimate of drug-likeness (QED) is 0.186. The SMILES string of the molecule is CC(=O)c1ccccc1OCCSc1nnc(-c2ccc(Cl)cc2)n1Cc1ccco1. The van der Waals surface area contributed by atoms with Gasteiger partial charge in [0.25, 0.3) is 0 Å². The number of hydrogen-bond acceptors (Lipinski definition) is 6. The van der Waals surface area contributed by atoms with Crippen LogP contribution in [-0.2, 0) is 6.54 Å². The maximum absolute atomic E-state index is 11.8. The summed E-state index contributed by atoms with van der Waals surface area (Å²) in [7, 11) is 0. The van der Waals surface area contributed by atoms with Crippen LogP contribution in [-0.4, -0.2) is 32.9 Å². The lowest BCUT2D eigenvalue weighted by Crippen LogP contribution is -2.07. The molecule has 0 saturated heterocycles. The Kier molecular flexibility index (Phi) is 6.74. The smallest absolute Gasteiger partial charge is 0.192 e. The van der Waals surface area contributed by atoms with E-state index in [1.165, 1.54) is 18.7 Å². The van der Waals surface area contributed by atoms with Crippen molar-refractivity contribution in [3.63, 3.8) is 0 Å². The second-order valence-corrected chi connectivity index (χ2v) is 8.23. The number of para-hydroxylation sites is 1. The molecular weight excluding hydrogens is 434 g/mol.